The van der Waals surface area contributed by atoms with Gasteiger partial charge in [-0.05, 0) is 34.1 Å². The minimum atomic E-state index is 0.633. The highest BCUT2D eigenvalue weighted by atomic mass is 79.9. The average Bonchev–Trinajstić information content (AvgIpc) is 2.81. The largest absolute Gasteiger partial charge is 0.383 e. The van der Waals surface area contributed by atoms with E-state index in [0.717, 1.165) is 16.1 Å². The molecular formula is C12H13BrClN3O. The van der Waals surface area contributed by atoms with Crippen molar-refractivity contribution in [3.8, 4) is 5.69 Å². The number of imidazole rings is 1. The Morgan fingerprint density at radius 2 is 2.33 bits per heavy atom. The van der Waals surface area contributed by atoms with E-state index in [1.165, 1.54) is 0 Å². The van der Waals surface area contributed by atoms with Crippen LogP contribution in [0.25, 0.3) is 5.69 Å². The van der Waals surface area contributed by atoms with Crippen LogP contribution in [0.2, 0.25) is 5.02 Å². The van der Waals surface area contributed by atoms with E-state index in [-0.39, 0.29) is 0 Å². The van der Waals surface area contributed by atoms with Crippen LogP contribution < -0.4 is 5.32 Å². The molecule has 0 spiro atoms. The molecule has 0 bridgehead atoms. The molecule has 0 saturated carbocycles. The van der Waals surface area contributed by atoms with Crippen LogP contribution in [0.3, 0.4) is 0 Å². The van der Waals surface area contributed by atoms with Gasteiger partial charge < -0.3 is 10.1 Å². The fraction of sp³-hybridized carbons (Fsp3) is 0.250. The molecule has 96 valence electrons. The molecule has 2 rings (SSSR count). The van der Waals surface area contributed by atoms with Crippen LogP contribution in [0.1, 0.15) is 0 Å². The fourth-order valence-electron chi connectivity index (χ4n) is 1.54. The number of nitrogens with one attached hydrogen (secondary N) is 1. The van der Waals surface area contributed by atoms with E-state index < -0.39 is 0 Å². The van der Waals surface area contributed by atoms with Crippen LogP contribution >= 0.6 is 27.5 Å². The number of aromatic nitrogens is 2. The monoisotopic (exact) mass is 329 g/mol. The van der Waals surface area contributed by atoms with Gasteiger partial charge in [0, 0.05) is 30.5 Å². The second-order valence-electron chi connectivity index (χ2n) is 3.64. The van der Waals surface area contributed by atoms with Gasteiger partial charge >= 0.3 is 0 Å². The van der Waals surface area contributed by atoms with Crippen LogP contribution in [0.5, 0.6) is 0 Å². The van der Waals surface area contributed by atoms with Crippen molar-refractivity contribution in [3.05, 3.63) is 40.1 Å². The maximum atomic E-state index is 6.09. The Labute approximate surface area is 119 Å². The summed E-state index contributed by atoms with van der Waals surface area (Å²) in [7, 11) is 1.67. The lowest BCUT2D eigenvalue weighted by molar-refractivity contribution is 0.210. The maximum absolute atomic E-state index is 6.09. The van der Waals surface area contributed by atoms with Crippen LogP contribution in [-0.4, -0.2) is 29.8 Å². The first-order valence-electron chi connectivity index (χ1n) is 5.44. The normalized spacial score (nSPS) is 10.6. The summed E-state index contributed by atoms with van der Waals surface area (Å²) in [6.45, 7) is 1.34. The van der Waals surface area contributed by atoms with Crippen molar-refractivity contribution in [2.24, 2.45) is 0 Å². The molecule has 0 unspecified atom stereocenters. The third-order valence-electron chi connectivity index (χ3n) is 2.41. The van der Waals surface area contributed by atoms with Gasteiger partial charge in [-0.25, -0.2) is 4.98 Å². The van der Waals surface area contributed by atoms with Gasteiger partial charge in [0.15, 0.2) is 0 Å². The molecule has 1 aromatic heterocycles. The Hall–Kier alpha value is -1.04. The predicted molar refractivity (Wildman–Crippen MR) is 76.6 cm³/mol. The van der Waals surface area contributed by atoms with Gasteiger partial charge in [0.25, 0.3) is 0 Å². The van der Waals surface area contributed by atoms with E-state index in [0.29, 0.717) is 18.2 Å². The van der Waals surface area contributed by atoms with E-state index >= 15 is 0 Å². The number of rotatable bonds is 5. The van der Waals surface area contributed by atoms with Gasteiger partial charge in [-0.15, -0.1) is 0 Å². The van der Waals surface area contributed by atoms with Gasteiger partial charge in [0.2, 0.25) is 5.95 Å². The molecule has 0 atom stereocenters. The Morgan fingerprint density at radius 3 is 3.06 bits per heavy atom. The maximum Gasteiger partial charge on any atom is 0.207 e. The molecule has 1 N–H and O–H groups in total. The number of nitrogens with zero attached hydrogens (tertiary/aromatic N) is 2. The van der Waals surface area contributed by atoms with E-state index in [4.69, 9.17) is 16.3 Å². The van der Waals surface area contributed by atoms with E-state index in [9.17, 15) is 0 Å². The summed E-state index contributed by atoms with van der Waals surface area (Å²) in [5, 5.41) is 3.87. The number of ether oxygens (including phenoxy) is 1. The summed E-state index contributed by atoms with van der Waals surface area (Å²) in [6.07, 6.45) is 3.62. The Bertz CT molecular complexity index is 530. The van der Waals surface area contributed by atoms with Crippen molar-refractivity contribution in [3.63, 3.8) is 0 Å². The highest BCUT2D eigenvalue weighted by molar-refractivity contribution is 9.10. The van der Waals surface area contributed by atoms with Crippen molar-refractivity contribution in [1.82, 2.24) is 9.55 Å². The van der Waals surface area contributed by atoms with Crippen molar-refractivity contribution in [1.29, 1.82) is 0 Å². The quantitative estimate of drug-likeness (QED) is 0.855. The van der Waals surface area contributed by atoms with E-state index in [2.05, 4.69) is 26.2 Å². The number of halogens is 2. The first-order chi connectivity index (χ1) is 8.72. The number of hydrogen-bond donors (Lipinski definition) is 1. The Balaban J connectivity index is 2.22. The molecule has 0 saturated heterocycles. The molecule has 0 radical (unpaired) electrons. The smallest absolute Gasteiger partial charge is 0.207 e. The Morgan fingerprint density at radius 1 is 1.50 bits per heavy atom. The second kappa shape index (κ2) is 6.22. The first kappa shape index (κ1) is 13.4. The van der Waals surface area contributed by atoms with Gasteiger partial charge in [-0.2, -0.15) is 0 Å². The van der Waals surface area contributed by atoms with Crippen LogP contribution in [0, 0.1) is 0 Å². The predicted octanol–water partition coefficient (Wildman–Crippen LogP) is 3.35. The lowest BCUT2D eigenvalue weighted by Crippen LogP contribution is -2.11. The zero-order valence-electron chi connectivity index (χ0n) is 9.86. The van der Waals surface area contributed by atoms with E-state index in [1.54, 1.807) is 13.3 Å². The summed E-state index contributed by atoms with van der Waals surface area (Å²) in [4.78, 5) is 4.26. The molecule has 0 amide bonds. The molecular weight excluding hydrogens is 318 g/mol. The second-order valence-corrected chi connectivity index (χ2v) is 4.90. The summed E-state index contributed by atoms with van der Waals surface area (Å²) in [5.41, 5.74) is 0.959. The van der Waals surface area contributed by atoms with Crippen molar-refractivity contribution in [2.75, 3.05) is 25.6 Å². The van der Waals surface area contributed by atoms with Gasteiger partial charge in [-0.3, -0.25) is 4.57 Å². The SMILES string of the molecule is COCCNc1nccn1-c1ccc(Br)c(Cl)c1. The molecule has 1 heterocycles. The van der Waals surface area contributed by atoms with Crippen LogP contribution in [-0.2, 0) is 4.74 Å². The summed E-state index contributed by atoms with van der Waals surface area (Å²) >= 11 is 9.46. The molecule has 6 heteroatoms. The van der Waals surface area contributed by atoms with E-state index in [1.807, 2.05) is 29.0 Å². The van der Waals surface area contributed by atoms with Crippen LogP contribution in [0.4, 0.5) is 5.95 Å². The van der Waals surface area contributed by atoms with Gasteiger partial charge in [-0.1, -0.05) is 11.6 Å². The summed E-state index contributed by atoms with van der Waals surface area (Å²) in [6, 6.07) is 5.77. The highest BCUT2D eigenvalue weighted by Crippen LogP contribution is 2.26. The van der Waals surface area contributed by atoms with Crippen LogP contribution in [0.15, 0.2) is 35.1 Å². The van der Waals surface area contributed by atoms with Crippen molar-refractivity contribution in [2.45, 2.75) is 0 Å². The molecule has 0 fully saturated rings. The van der Waals surface area contributed by atoms with Gasteiger partial charge in [0.1, 0.15) is 0 Å². The number of methoxy groups -OCH3 is 1. The zero-order valence-corrected chi connectivity index (χ0v) is 12.2. The fourth-order valence-corrected chi connectivity index (χ4v) is 1.96. The standard InChI is InChI=1S/C12H13BrClN3O/c1-18-7-5-16-12-15-4-6-17(12)9-2-3-10(13)11(14)8-9/h2-4,6,8H,5,7H2,1H3,(H,15,16). The third kappa shape index (κ3) is 3.04. The van der Waals surface area contributed by atoms with Crippen molar-refractivity contribution >= 4 is 33.5 Å². The molecule has 18 heavy (non-hydrogen) atoms. The van der Waals surface area contributed by atoms with Crippen molar-refractivity contribution < 1.29 is 4.74 Å². The zero-order chi connectivity index (χ0) is 13.0. The number of benzene rings is 1. The van der Waals surface area contributed by atoms with Gasteiger partial charge in [0.05, 0.1) is 17.3 Å². The summed E-state index contributed by atoms with van der Waals surface area (Å²) in [5.74, 6) is 0.769. The third-order valence-corrected chi connectivity index (χ3v) is 3.64. The topological polar surface area (TPSA) is 39.1 Å². The number of anilines is 1. The minimum Gasteiger partial charge on any atom is -0.383 e. The molecule has 1 aromatic carbocycles. The molecule has 2 aromatic rings. The lowest BCUT2D eigenvalue weighted by Gasteiger charge is -2.10. The number of hydrogen-bond acceptors (Lipinski definition) is 3. The molecule has 0 aliphatic carbocycles. The molecule has 4 nitrogen and oxygen atoms in total. The Kier molecular flexibility index (Phi) is 4.63. The average molecular weight is 331 g/mol. The minimum absolute atomic E-state index is 0.633. The molecule has 0 aliphatic heterocycles. The first-order valence-corrected chi connectivity index (χ1v) is 6.61. The summed E-state index contributed by atoms with van der Waals surface area (Å²) < 4.78 is 7.81. The molecule has 0 aliphatic rings. The highest BCUT2D eigenvalue weighted by Gasteiger charge is 2.06. The lowest BCUT2D eigenvalue weighted by atomic mass is 10.3.